The number of carbonyl (C=O) groups is 1. The van der Waals surface area contributed by atoms with Crippen molar-refractivity contribution in [2.75, 3.05) is 33.3 Å². The van der Waals surface area contributed by atoms with E-state index in [0.717, 1.165) is 46.0 Å². The predicted octanol–water partition coefficient (Wildman–Crippen LogP) is 4.17. The molecule has 8 heteroatoms. The van der Waals surface area contributed by atoms with E-state index in [1.165, 1.54) is 24.5 Å². The van der Waals surface area contributed by atoms with Crippen LogP contribution in [0.2, 0.25) is 0 Å². The zero-order valence-electron chi connectivity index (χ0n) is 18.5. The van der Waals surface area contributed by atoms with Gasteiger partial charge in [0.25, 0.3) is 5.91 Å². The van der Waals surface area contributed by atoms with Crippen molar-refractivity contribution in [1.29, 1.82) is 0 Å². The number of carbonyl (C=O) groups excluding carboxylic acids is 1. The SMILES string of the molecule is COc1ccc(CN2CCN(C(=O)c3cc4c(C)nn(CC(C)C)c4s3)CC2)cc1F. The van der Waals surface area contributed by atoms with E-state index in [0.29, 0.717) is 25.6 Å². The standard InChI is InChI=1S/C23H29FN4O2S/c1-15(2)13-28-23-18(16(3)25-28)12-21(31-23)22(29)27-9-7-26(8-10-27)14-17-5-6-20(30-4)19(24)11-17/h5-6,11-12,15H,7-10,13-14H2,1-4H3. The van der Waals surface area contributed by atoms with E-state index in [1.54, 1.807) is 6.07 Å². The number of benzene rings is 1. The van der Waals surface area contributed by atoms with Gasteiger partial charge in [-0.1, -0.05) is 19.9 Å². The summed E-state index contributed by atoms with van der Waals surface area (Å²) >= 11 is 1.54. The molecule has 3 aromatic rings. The Morgan fingerprint density at radius 2 is 1.97 bits per heavy atom. The Labute approximate surface area is 186 Å². The molecule has 0 spiro atoms. The third kappa shape index (κ3) is 4.60. The molecular weight excluding hydrogens is 415 g/mol. The molecule has 1 saturated heterocycles. The second-order valence-corrected chi connectivity index (χ2v) is 9.56. The number of piperazine rings is 1. The number of hydrogen-bond donors (Lipinski definition) is 0. The number of methoxy groups -OCH3 is 1. The monoisotopic (exact) mass is 444 g/mol. The van der Waals surface area contributed by atoms with Crippen molar-refractivity contribution in [2.45, 2.75) is 33.9 Å². The van der Waals surface area contributed by atoms with E-state index < -0.39 is 0 Å². The smallest absolute Gasteiger partial charge is 0.264 e. The van der Waals surface area contributed by atoms with Crippen molar-refractivity contribution >= 4 is 27.5 Å². The highest BCUT2D eigenvalue weighted by molar-refractivity contribution is 7.20. The van der Waals surface area contributed by atoms with Crippen molar-refractivity contribution in [1.82, 2.24) is 19.6 Å². The quantitative estimate of drug-likeness (QED) is 0.573. The van der Waals surface area contributed by atoms with Gasteiger partial charge in [-0.15, -0.1) is 11.3 Å². The molecule has 0 unspecified atom stereocenters. The maximum absolute atomic E-state index is 13.9. The third-order valence-electron chi connectivity index (χ3n) is 5.64. The average Bonchev–Trinajstić information content (AvgIpc) is 3.29. The highest BCUT2D eigenvalue weighted by Gasteiger charge is 2.25. The average molecular weight is 445 g/mol. The van der Waals surface area contributed by atoms with Crippen molar-refractivity contribution in [3.8, 4) is 5.75 Å². The zero-order chi connectivity index (χ0) is 22.1. The Balaban J connectivity index is 1.39. The fourth-order valence-corrected chi connectivity index (χ4v) is 5.16. The summed E-state index contributed by atoms with van der Waals surface area (Å²) in [6.45, 7) is 10.7. The van der Waals surface area contributed by atoms with Crippen LogP contribution in [0.15, 0.2) is 24.3 Å². The fourth-order valence-electron chi connectivity index (χ4n) is 4.02. The van der Waals surface area contributed by atoms with Crippen LogP contribution in [0.1, 0.15) is 34.8 Å². The molecule has 0 aliphatic carbocycles. The first-order valence-corrected chi connectivity index (χ1v) is 11.5. The zero-order valence-corrected chi connectivity index (χ0v) is 19.3. The lowest BCUT2D eigenvalue weighted by Gasteiger charge is -2.34. The van der Waals surface area contributed by atoms with Gasteiger partial charge in [0.15, 0.2) is 11.6 Å². The first kappa shape index (κ1) is 21.8. The van der Waals surface area contributed by atoms with E-state index in [1.807, 2.05) is 28.6 Å². The molecule has 1 fully saturated rings. The Bertz CT molecular complexity index is 1080. The van der Waals surface area contributed by atoms with Crippen LogP contribution < -0.4 is 4.74 Å². The molecule has 31 heavy (non-hydrogen) atoms. The van der Waals surface area contributed by atoms with Crippen LogP contribution in [0.3, 0.4) is 0 Å². The number of amides is 1. The van der Waals surface area contributed by atoms with E-state index in [9.17, 15) is 9.18 Å². The van der Waals surface area contributed by atoms with Crippen molar-refractivity contribution in [2.24, 2.45) is 5.92 Å². The van der Waals surface area contributed by atoms with Gasteiger partial charge in [-0.3, -0.25) is 14.4 Å². The summed E-state index contributed by atoms with van der Waals surface area (Å²) < 4.78 is 21.0. The number of aromatic nitrogens is 2. The Morgan fingerprint density at radius 1 is 1.23 bits per heavy atom. The first-order valence-electron chi connectivity index (χ1n) is 10.7. The number of ether oxygens (including phenoxy) is 1. The lowest BCUT2D eigenvalue weighted by molar-refractivity contribution is 0.0633. The highest BCUT2D eigenvalue weighted by atomic mass is 32.1. The van der Waals surface area contributed by atoms with Crippen LogP contribution in [0.25, 0.3) is 10.2 Å². The third-order valence-corrected chi connectivity index (χ3v) is 6.77. The summed E-state index contributed by atoms with van der Waals surface area (Å²) in [4.78, 5) is 19.1. The summed E-state index contributed by atoms with van der Waals surface area (Å²) in [5.74, 6) is 0.502. The Hall–Kier alpha value is -2.45. The maximum atomic E-state index is 13.9. The van der Waals surface area contributed by atoms with Gasteiger partial charge in [-0.05, 0) is 36.6 Å². The number of aryl methyl sites for hydroxylation is 1. The van der Waals surface area contributed by atoms with Gasteiger partial charge >= 0.3 is 0 Å². The van der Waals surface area contributed by atoms with Crippen molar-refractivity contribution < 1.29 is 13.9 Å². The molecule has 0 bridgehead atoms. The van der Waals surface area contributed by atoms with Crippen LogP contribution >= 0.6 is 11.3 Å². The molecule has 2 aromatic heterocycles. The number of rotatable bonds is 6. The van der Waals surface area contributed by atoms with Crippen molar-refractivity contribution in [3.63, 3.8) is 0 Å². The second-order valence-electron chi connectivity index (χ2n) is 8.53. The number of halogens is 1. The Kier molecular flexibility index (Phi) is 6.29. The number of nitrogens with zero attached hydrogens (tertiary/aromatic N) is 4. The lowest BCUT2D eigenvalue weighted by Crippen LogP contribution is -2.48. The van der Waals surface area contributed by atoms with Crippen LogP contribution in [0, 0.1) is 18.7 Å². The van der Waals surface area contributed by atoms with Gasteiger partial charge in [0, 0.05) is 44.7 Å². The van der Waals surface area contributed by atoms with E-state index >= 15 is 0 Å². The van der Waals surface area contributed by atoms with E-state index in [4.69, 9.17) is 4.74 Å². The summed E-state index contributed by atoms with van der Waals surface area (Å²) in [7, 11) is 1.46. The second kappa shape index (κ2) is 8.96. The number of fused-ring (bicyclic) bond motifs is 1. The van der Waals surface area contributed by atoms with Crippen LogP contribution in [0.4, 0.5) is 4.39 Å². The maximum Gasteiger partial charge on any atom is 0.264 e. The molecule has 1 amide bonds. The molecular formula is C23H29FN4O2S. The van der Waals surface area contributed by atoms with Gasteiger partial charge in [0.2, 0.25) is 0 Å². The Morgan fingerprint density at radius 3 is 2.61 bits per heavy atom. The molecule has 3 heterocycles. The van der Waals surface area contributed by atoms with Crippen LogP contribution in [0.5, 0.6) is 5.75 Å². The van der Waals surface area contributed by atoms with Gasteiger partial charge in [-0.2, -0.15) is 5.10 Å². The highest BCUT2D eigenvalue weighted by Crippen LogP contribution is 2.30. The number of hydrogen-bond acceptors (Lipinski definition) is 5. The van der Waals surface area contributed by atoms with Gasteiger partial charge in [0.1, 0.15) is 4.83 Å². The van der Waals surface area contributed by atoms with E-state index in [-0.39, 0.29) is 17.5 Å². The predicted molar refractivity (Wildman–Crippen MR) is 121 cm³/mol. The lowest BCUT2D eigenvalue weighted by atomic mass is 10.1. The summed E-state index contributed by atoms with van der Waals surface area (Å²) in [5, 5.41) is 5.71. The summed E-state index contributed by atoms with van der Waals surface area (Å²) in [6, 6.07) is 7.07. The van der Waals surface area contributed by atoms with Crippen LogP contribution in [-0.2, 0) is 13.1 Å². The fraction of sp³-hybridized carbons (Fsp3) is 0.478. The minimum atomic E-state index is -0.343. The molecule has 0 radical (unpaired) electrons. The van der Waals surface area contributed by atoms with Crippen molar-refractivity contribution in [3.05, 3.63) is 46.2 Å². The van der Waals surface area contributed by atoms with Crippen LogP contribution in [-0.4, -0.2) is 58.8 Å². The molecule has 166 valence electrons. The van der Waals surface area contributed by atoms with Gasteiger partial charge in [0.05, 0.1) is 17.7 Å². The van der Waals surface area contributed by atoms with Gasteiger partial charge in [-0.25, -0.2) is 4.39 Å². The molecule has 0 saturated carbocycles. The molecule has 1 aliphatic rings. The molecule has 1 aliphatic heterocycles. The molecule has 1 aromatic carbocycles. The summed E-state index contributed by atoms with van der Waals surface area (Å²) in [6.07, 6.45) is 0. The molecule has 0 atom stereocenters. The molecule has 0 N–H and O–H groups in total. The minimum absolute atomic E-state index is 0.0897. The first-order chi connectivity index (χ1) is 14.9. The topological polar surface area (TPSA) is 50.6 Å². The minimum Gasteiger partial charge on any atom is -0.494 e. The molecule has 6 nitrogen and oxygen atoms in total. The number of thiophene rings is 1. The largest absolute Gasteiger partial charge is 0.494 e. The van der Waals surface area contributed by atoms with E-state index in [2.05, 4.69) is 23.8 Å². The molecule has 4 rings (SSSR count). The van der Waals surface area contributed by atoms with Gasteiger partial charge < -0.3 is 9.64 Å². The normalized spacial score (nSPS) is 15.2. The summed E-state index contributed by atoms with van der Waals surface area (Å²) in [5.41, 5.74) is 1.88.